The molecule has 5 atom stereocenters. The average molecular weight is 540 g/mol. The Balaban J connectivity index is 2.37. The van der Waals surface area contributed by atoms with Crippen LogP contribution in [0.2, 0.25) is 18.1 Å². The van der Waals surface area contributed by atoms with E-state index in [1.165, 1.54) is 13.5 Å². The number of hydrogen-bond acceptors (Lipinski definition) is 6. The van der Waals surface area contributed by atoms with E-state index in [1.54, 1.807) is 0 Å². The van der Waals surface area contributed by atoms with Gasteiger partial charge in [0, 0.05) is 17.0 Å². The molecule has 37 heavy (non-hydrogen) atoms. The lowest BCUT2D eigenvalue weighted by molar-refractivity contribution is -0.297. The summed E-state index contributed by atoms with van der Waals surface area (Å²) in [5.74, 6) is -1.25. The molecule has 1 saturated heterocycles. The Morgan fingerprint density at radius 3 is 2.24 bits per heavy atom. The highest BCUT2D eigenvalue weighted by molar-refractivity contribution is 6.74. The van der Waals surface area contributed by atoms with Gasteiger partial charge in [-0.25, -0.2) is 0 Å². The summed E-state index contributed by atoms with van der Waals surface area (Å²) in [6.07, 6.45) is 11.3. The SMILES string of the molecule is CCCCCC(/C=C/[C@@H]1[C@@H](C(=O)OC)[C@@H](O)C[C@H]1O[Si](C)(C)C(C)(C)C)ON1C(C)(C)CCCC1(C)C. The molecule has 0 amide bonds. The Morgan fingerprint density at radius 2 is 1.73 bits per heavy atom. The quantitative estimate of drug-likeness (QED) is 0.132. The molecule has 1 unspecified atom stereocenters. The Bertz CT molecular complexity index is 756. The molecule has 0 aromatic carbocycles. The van der Waals surface area contributed by atoms with E-state index < -0.39 is 20.3 Å². The topological polar surface area (TPSA) is 68.2 Å². The first-order valence-electron chi connectivity index (χ1n) is 14.6. The van der Waals surface area contributed by atoms with Crippen LogP contribution in [0.15, 0.2) is 12.2 Å². The third-order valence-electron chi connectivity index (χ3n) is 9.02. The Labute approximate surface area is 228 Å². The molecule has 1 aliphatic carbocycles. The Kier molecular flexibility index (Phi) is 11.1. The molecule has 2 aliphatic rings. The molecule has 0 aromatic heterocycles. The van der Waals surface area contributed by atoms with Gasteiger partial charge in [0.15, 0.2) is 8.32 Å². The predicted octanol–water partition coefficient (Wildman–Crippen LogP) is 7.03. The van der Waals surface area contributed by atoms with Crippen LogP contribution in [0.25, 0.3) is 0 Å². The average Bonchev–Trinajstić information content (AvgIpc) is 3.06. The van der Waals surface area contributed by atoms with E-state index in [-0.39, 0.29) is 40.2 Å². The van der Waals surface area contributed by atoms with Crippen molar-refractivity contribution in [2.45, 2.75) is 154 Å². The minimum Gasteiger partial charge on any atom is -0.469 e. The van der Waals surface area contributed by atoms with Crippen LogP contribution < -0.4 is 0 Å². The molecule has 216 valence electrons. The van der Waals surface area contributed by atoms with Gasteiger partial charge in [0.2, 0.25) is 0 Å². The van der Waals surface area contributed by atoms with Crippen LogP contribution in [0.5, 0.6) is 0 Å². The fourth-order valence-corrected chi connectivity index (χ4v) is 7.20. The number of aliphatic hydroxyl groups excluding tert-OH is 1. The molecule has 1 heterocycles. The zero-order valence-corrected chi connectivity index (χ0v) is 26.7. The molecular formula is C30H57NO5Si. The summed E-state index contributed by atoms with van der Waals surface area (Å²) < 4.78 is 11.9. The van der Waals surface area contributed by atoms with E-state index in [0.29, 0.717) is 6.42 Å². The van der Waals surface area contributed by atoms with E-state index in [4.69, 9.17) is 14.0 Å². The van der Waals surface area contributed by atoms with Crippen LogP contribution in [0, 0.1) is 11.8 Å². The smallest absolute Gasteiger partial charge is 0.311 e. The summed E-state index contributed by atoms with van der Waals surface area (Å²) in [7, 11) is -0.710. The first-order valence-corrected chi connectivity index (χ1v) is 17.5. The fraction of sp³-hybridized carbons (Fsp3) is 0.900. The van der Waals surface area contributed by atoms with Crippen molar-refractivity contribution in [3.63, 3.8) is 0 Å². The second kappa shape index (κ2) is 12.6. The van der Waals surface area contributed by atoms with Gasteiger partial charge >= 0.3 is 5.97 Å². The summed E-state index contributed by atoms with van der Waals surface area (Å²) in [5.41, 5.74) is -0.102. The van der Waals surface area contributed by atoms with E-state index in [1.807, 2.05) is 0 Å². The van der Waals surface area contributed by atoms with Crippen molar-refractivity contribution < 1.29 is 23.9 Å². The van der Waals surface area contributed by atoms with Gasteiger partial charge in [-0.2, -0.15) is 5.06 Å². The van der Waals surface area contributed by atoms with Crippen molar-refractivity contribution in [1.29, 1.82) is 0 Å². The van der Waals surface area contributed by atoms with Gasteiger partial charge < -0.3 is 14.3 Å². The molecule has 7 heteroatoms. The highest BCUT2D eigenvalue weighted by Crippen LogP contribution is 2.44. The minimum absolute atomic E-state index is 0.0345. The molecule has 1 N–H and O–H groups in total. The Morgan fingerprint density at radius 1 is 1.14 bits per heavy atom. The van der Waals surface area contributed by atoms with E-state index in [2.05, 4.69) is 85.7 Å². The number of carbonyl (C=O) groups excluding carboxylic acids is 1. The van der Waals surface area contributed by atoms with Crippen molar-refractivity contribution in [3.05, 3.63) is 12.2 Å². The zero-order chi connectivity index (χ0) is 28.2. The van der Waals surface area contributed by atoms with E-state index in [9.17, 15) is 9.90 Å². The molecule has 2 rings (SSSR count). The standard InChI is InChI=1S/C30H57NO5Si/c1-12-13-14-16-22(35-31-29(5,6)19-15-20-30(31,7)8)17-18-23-25(36-37(10,11)28(2,3)4)21-24(32)26(23)27(33)34-9/h17-18,22-26,32H,12-16,19-21H2,1-11H3/b18-17+/t22?,23-,24-,25+,26+/m0/s1. The summed E-state index contributed by atoms with van der Waals surface area (Å²) in [6.45, 7) is 22.4. The summed E-state index contributed by atoms with van der Waals surface area (Å²) in [5, 5.41) is 13.2. The number of aliphatic hydroxyl groups is 1. The zero-order valence-electron chi connectivity index (χ0n) is 25.7. The number of rotatable bonds is 11. The number of unbranched alkanes of at least 4 members (excludes halogenated alkanes) is 2. The maximum absolute atomic E-state index is 12.8. The van der Waals surface area contributed by atoms with E-state index in [0.717, 1.165) is 38.5 Å². The van der Waals surface area contributed by atoms with Crippen molar-refractivity contribution in [1.82, 2.24) is 5.06 Å². The molecule has 1 saturated carbocycles. The predicted molar refractivity (Wildman–Crippen MR) is 154 cm³/mol. The minimum atomic E-state index is -2.11. The van der Waals surface area contributed by atoms with Gasteiger partial charge in [-0.15, -0.1) is 0 Å². The number of piperidine rings is 1. The lowest BCUT2D eigenvalue weighted by Crippen LogP contribution is -2.59. The van der Waals surface area contributed by atoms with Crippen LogP contribution in [-0.2, 0) is 18.8 Å². The molecule has 0 spiro atoms. The van der Waals surface area contributed by atoms with Crippen molar-refractivity contribution in [2.75, 3.05) is 7.11 Å². The van der Waals surface area contributed by atoms with Crippen molar-refractivity contribution in [2.24, 2.45) is 11.8 Å². The number of hydroxylamine groups is 2. The number of ether oxygens (including phenoxy) is 1. The monoisotopic (exact) mass is 539 g/mol. The van der Waals surface area contributed by atoms with Gasteiger partial charge in [0.1, 0.15) is 0 Å². The number of esters is 1. The molecule has 0 bridgehead atoms. The number of methoxy groups -OCH3 is 1. The highest BCUT2D eigenvalue weighted by atomic mass is 28.4. The molecule has 6 nitrogen and oxygen atoms in total. The molecule has 0 aromatic rings. The number of hydrogen-bond donors (Lipinski definition) is 1. The second-order valence-corrected chi connectivity index (χ2v) is 18.9. The maximum atomic E-state index is 12.8. The van der Waals surface area contributed by atoms with Gasteiger partial charge in [0.05, 0.1) is 31.3 Å². The molecule has 2 fully saturated rings. The molecule has 1 aliphatic heterocycles. The first kappa shape index (κ1) is 32.5. The van der Waals surface area contributed by atoms with Crippen LogP contribution in [0.3, 0.4) is 0 Å². The highest BCUT2D eigenvalue weighted by Gasteiger charge is 2.50. The normalized spacial score (nSPS) is 29.5. The maximum Gasteiger partial charge on any atom is 0.311 e. The summed E-state index contributed by atoms with van der Waals surface area (Å²) in [4.78, 5) is 19.6. The molecular weight excluding hydrogens is 482 g/mol. The third kappa shape index (κ3) is 8.13. The van der Waals surface area contributed by atoms with Crippen molar-refractivity contribution in [3.8, 4) is 0 Å². The fourth-order valence-electron chi connectivity index (χ4n) is 5.83. The molecule has 0 radical (unpaired) electrons. The van der Waals surface area contributed by atoms with E-state index >= 15 is 0 Å². The van der Waals surface area contributed by atoms with Crippen LogP contribution in [-0.4, -0.2) is 61.0 Å². The lowest BCUT2D eigenvalue weighted by Gasteiger charge is -2.52. The summed E-state index contributed by atoms with van der Waals surface area (Å²) in [6, 6.07) is 0. The summed E-state index contributed by atoms with van der Waals surface area (Å²) >= 11 is 0. The van der Waals surface area contributed by atoms with Gasteiger partial charge in [-0.05, 0) is 77.9 Å². The van der Waals surface area contributed by atoms with Gasteiger partial charge in [0.25, 0.3) is 0 Å². The first-order chi connectivity index (χ1) is 17.0. The number of carbonyl (C=O) groups is 1. The van der Waals surface area contributed by atoms with Crippen molar-refractivity contribution >= 4 is 14.3 Å². The number of nitrogens with zero attached hydrogens (tertiary/aromatic N) is 1. The van der Waals surface area contributed by atoms with Gasteiger partial charge in [-0.1, -0.05) is 59.1 Å². The van der Waals surface area contributed by atoms with Crippen LogP contribution in [0.4, 0.5) is 0 Å². The Hall–Kier alpha value is -0.733. The van der Waals surface area contributed by atoms with Gasteiger partial charge in [-0.3, -0.25) is 9.63 Å². The lowest BCUT2D eigenvalue weighted by atomic mass is 9.82. The van der Waals surface area contributed by atoms with Crippen LogP contribution >= 0.6 is 0 Å². The largest absolute Gasteiger partial charge is 0.469 e. The third-order valence-corrected chi connectivity index (χ3v) is 13.5. The second-order valence-electron chi connectivity index (χ2n) is 14.1. The van der Waals surface area contributed by atoms with Crippen LogP contribution in [0.1, 0.15) is 107 Å².